The van der Waals surface area contributed by atoms with Crippen LogP contribution in [-0.4, -0.2) is 6.61 Å². The van der Waals surface area contributed by atoms with Crippen molar-refractivity contribution in [2.45, 2.75) is 39.2 Å². The molecule has 1 fully saturated rings. The van der Waals surface area contributed by atoms with Crippen LogP contribution in [0.1, 0.15) is 44.7 Å². The minimum Gasteiger partial charge on any atom is -0.494 e. The van der Waals surface area contributed by atoms with Gasteiger partial charge in [0.05, 0.1) is 6.61 Å². The van der Waals surface area contributed by atoms with Crippen molar-refractivity contribution < 1.29 is 4.74 Å². The molecular formula is C15H23NO. The third-order valence-electron chi connectivity index (χ3n) is 3.80. The predicted octanol–water partition coefficient (Wildman–Crippen LogP) is 3.52. The van der Waals surface area contributed by atoms with E-state index in [1.54, 1.807) is 0 Å². The highest BCUT2D eigenvalue weighted by atomic mass is 16.5. The Morgan fingerprint density at radius 1 is 1.41 bits per heavy atom. The Bertz CT molecular complexity index is 364. The van der Waals surface area contributed by atoms with Crippen molar-refractivity contribution in [3.63, 3.8) is 0 Å². The number of rotatable bonds is 4. The highest BCUT2D eigenvalue weighted by molar-refractivity contribution is 5.30. The molecule has 17 heavy (non-hydrogen) atoms. The number of ether oxygens (including phenoxy) is 1. The zero-order valence-corrected chi connectivity index (χ0v) is 10.9. The van der Waals surface area contributed by atoms with E-state index in [-0.39, 0.29) is 6.04 Å². The molecule has 0 aliphatic heterocycles. The van der Waals surface area contributed by atoms with Crippen LogP contribution < -0.4 is 10.5 Å². The summed E-state index contributed by atoms with van der Waals surface area (Å²) in [6.07, 6.45) is 3.85. The molecule has 0 aromatic heterocycles. The smallest absolute Gasteiger partial charge is 0.119 e. The molecule has 0 saturated heterocycles. The van der Waals surface area contributed by atoms with E-state index in [0.717, 1.165) is 11.7 Å². The van der Waals surface area contributed by atoms with Gasteiger partial charge in [0.1, 0.15) is 5.75 Å². The largest absolute Gasteiger partial charge is 0.494 e. The first-order chi connectivity index (χ1) is 8.20. The maximum absolute atomic E-state index is 6.37. The second kappa shape index (κ2) is 5.54. The van der Waals surface area contributed by atoms with Crippen LogP contribution in [0.2, 0.25) is 0 Å². The summed E-state index contributed by atoms with van der Waals surface area (Å²) in [7, 11) is 0. The molecule has 1 aromatic rings. The molecule has 3 atom stereocenters. The molecule has 1 aliphatic rings. The van der Waals surface area contributed by atoms with Crippen molar-refractivity contribution >= 4 is 0 Å². The lowest BCUT2D eigenvalue weighted by atomic mass is 9.92. The number of nitrogens with two attached hydrogens (primary N) is 1. The predicted molar refractivity (Wildman–Crippen MR) is 71.0 cm³/mol. The number of hydrogen-bond donors (Lipinski definition) is 1. The monoisotopic (exact) mass is 233 g/mol. The second-order valence-electron chi connectivity index (χ2n) is 5.21. The highest BCUT2D eigenvalue weighted by Crippen LogP contribution is 2.38. The van der Waals surface area contributed by atoms with Gasteiger partial charge in [-0.05, 0) is 49.3 Å². The van der Waals surface area contributed by atoms with Crippen molar-refractivity contribution in [3.8, 4) is 5.75 Å². The first-order valence-electron chi connectivity index (χ1n) is 6.69. The van der Waals surface area contributed by atoms with E-state index in [9.17, 15) is 0 Å². The van der Waals surface area contributed by atoms with E-state index in [0.29, 0.717) is 12.5 Å². The summed E-state index contributed by atoms with van der Waals surface area (Å²) in [4.78, 5) is 0. The van der Waals surface area contributed by atoms with Gasteiger partial charge >= 0.3 is 0 Å². The van der Waals surface area contributed by atoms with Gasteiger partial charge in [-0.1, -0.05) is 25.5 Å². The van der Waals surface area contributed by atoms with E-state index in [1.165, 1.54) is 24.8 Å². The van der Waals surface area contributed by atoms with Crippen LogP contribution in [-0.2, 0) is 0 Å². The summed E-state index contributed by atoms with van der Waals surface area (Å²) in [6, 6.07) is 8.42. The molecule has 0 radical (unpaired) electrons. The molecule has 2 nitrogen and oxygen atoms in total. The zero-order chi connectivity index (χ0) is 12.3. The SMILES string of the molecule is CCOc1cccc(C(N)C2CCC(C)C2)c1. The fourth-order valence-corrected chi connectivity index (χ4v) is 2.83. The third kappa shape index (κ3) is 3.01. The van der Waals surface area contributed by atoms with E-state index < -0.39 is 0 Å². The Hall–Kier alpha value is -1.02. The first-order valence-corrected chi connectivity index (χ1v) is 6.69. The van der Waals surface area contributed by atoms with Crippen LogP contribution in [0.4, 0.5) is 0 Å². The number of hydrogen-bond acceptors (Lipinski definition) is 2. The van der Waals surface area contributed by atoms with Crippen LogP contribution in [0.15, 0.2) is 24.3 Å². The average molecular weight is 233 g/mol. The maximum Gasteiger partial charge on any atom is 0.119 e. The van der Waals surface area contributed by atoms with Gasteiger partial charge in [0.25, 0.3) is 0 Å². The van der Waals surface area contributed by atoms with Gasteiger partial charge in [0, 0.05) is 6.04 Å². The fraction of sp³-hybridized carbons (Fsp3) is 0.600. The van der Waals surface area contributed by atoms with Crippen LogP contribution >= 0.6 is 0 Å². The summed E-state index contributed by atoms with van der Waals surface area (Å²) < 4.78 is 5.52. The van der Waals surface area contributed by atoms with Crippen LogP contribution in [0.5, 0.6) is 5.75 Å². The van der Waals surface area contributed by atoms with Gasteiger partial charge in [-0.2, -0.15) is 0 Å². The third-order valence-corrected chi connectivity index (χ3v) is 3.80. The molecule has 0 bridgehead atoms. The molecule has 94 valence electrons. The van der Waals surface area contributed by atoms with Gasteiger partial charge in [0.15, 0.2) is 0 Å². The lowest BCUT2D eigenvalue weighted by molar-refractivity contribution is 0.338. The summed E-state index contributed by atoms with van der Waals surface area (Å²) in [5.74, 6) is 2.41. The number of benzene rings is 1. The highest BCUT2D eigenvalue weighted by Gasteiger charge is 2.27. The molecule has 0 heterocycles. The van der Waals surface area contributed by atoms with Gasteiger partial charge in [-0.25, -0.2) is 0 Å². The summed E-state index contributed by atoms with van der Waals surface area (Å²) in [5, 5.41) is 0. The molecule has 3 unspecified atom stereocenters. The Balaban J connectivity index is 2.07. The van der Waals surface area contributed by atoms with E-state index in [1.807, 2.05) is 19.1 Å². The fourth-order valence-electron chi connectivity index (χ4n) is 2.83. The Morgan fingerprint density at radius 2 is 2.24 bits per heavy atom. The molecule has 0 spiro atoms. The van der Waals surface area contributed by atoms with E-state index in [4.69, 9.17) is 10.5 Å². The minimum absolute atomic E-state index is 0.167. The molecule has 0 amide bonds. The second-order valence-corrected chi connectivity index (χ2v) is 5.21. The van der Waals surface area contributed by atoms with Crippen molar-refractivity contribution in [1.82, 2.24) is 0 Å². The normalized spacial score (nSPS) is 25.8. The molecule has 1 aliphatic carbocycles. The van der Waals surface area contributed by atoms with Crippen molar-refractivity contribution in [2.75, 3.05) is 6.61 Å². The van der Waals surface area contributed by atoms with E-state index >= 15 is 0 Å². The quantitative estimate of drug-likeness (QED) is 0.863. The molecule has 1 aromatic carbocycles. The molecule has 2 heteroatoms. The molecule has 2 N–H and O–H groups in total. The van der Waals surface area contributed by atoms with Crippen LogP contribution in [0, 0.1) is 11.8 Å². The Morgan fingerprint density at radius 3 is 2.88 bits per heavy atom. The van der Waals surface area contributed by atoms with E-state index in [2.05, 4.69) is 19.1 Å². The molecule has 2 rings (SSSR count). The van der Waals surface area contributed by atoms with Gasteiger partial charge in [-0.15, -0.1) is 0 Å². The van der Waals surface area contributed by atoms with Gasteiger partial charge < -0.3 is 10.5 Å². The zero-order valence-electron chi connectivity index (χ0n) is 10.9. The van der Waals surface area contributed by atoms with Gasteiger partial charge in [0.2, 0.25) is 0 Å². The standard InChI is InChI=1S/C15H23NO/c1-3-17-14-6-4-5-12(10-14)15(16)13-8-7-11(2)9-13/h4-6,10-11,13,15H,3,7-9,16H2,1-2H3. The topological polar surface area (TPSA) is 35.2 Å². The minimum atomic E-state index is 0.167. The summed E-state index contributed by atoms with van der Waals surface area (Å²) in [5.41, 5.74) is 7.59. The van der Waals surface area contributed by atoms with Crippen molar-refractivity contribution in [3.05, 3.63) is 29.8 Å². The maximum atomic E-state index is 6.37. The average Bonchev–Trinajstić information content (AvgIpc) is 2.76. The molecular weight excluding hydrogens is 210 g/mol. The molecule has 1 saturated carbocycles. The van der Waals surface area contributed by atoms with Crippen LogP contribution in [0.25, 0.3) is 0 Å². The lowest BCUT2D eigenvalue weighted by Gasteiger charge is -2.20. The Kier molecular flexibility index (Phi) is 4.06. The Labute approximate surface area is 104 Å². The summed E-state index contributed by atoms with van der Waals surface area (Å²) in [6.45, 7) is 5.04. The lowest BCUT2D eigenvalue weighted by Crippen LogP contribution is -2.19. The van der Waals surface area contributed by atoms with Gasteiger partial charge in [-0.3, -0.25) is 0 Å². The van der Waals surface area contributed by atoms with Crippen molar-refractivity contribution in [2.24, 2.45) is 17.6 Å². The van der Waals surface area contributed by atoms with Crippen molar-refractivity contribution in [1.29, 1.82) is 0 Å². The first kappa shape index (κ1) is 12.4. The van der Waals surface area contributed by atoms with Crippen LogP contribution in [0.3, 0.4) is 0 Å². The summed E-state index contributed by atoms with van der Waals surface area (Å²) >= 11 is 0.